The van der Waals surface area contributed by atoms with Gasteiger partial charge in [0.15, 0.2) is 0 Å². The molecule has 0 aliphatic heterocycles. The monoisotopic (exact) mass is 509 g/mol. The Kier molecular flexibility index (Phi) is 7.18. The summed E-state index contributed by atoms with van der Waals surface area (Å²) in [6.07, 6.45) is -4.58. The van der Waals surface area contributed by atoms with E-state index in [-0.39, 0.29) is 28.9 Å². The number of hydrogen-bond donors (Lipinski definition) is 1. The summed E-state index contributed by atoms with van der Waals surface area (Å²) in [7, 11) is 1.74. The van der Waals surface area contributed by atoms with Gasteiger partial charge in [-0.1, -0.05) is 59.8 Å². The molecule has 0 aliphatic carbocycles. The molecule has 0 fully saturated rings. The first-order valence-electron chi connectivity index (χ1n) is 11.6. The first kappa shape index (κ1) is 26.1. The summed E-state index contributed by atoms with van der Waals surface area (Å²) in [4.78, 5) is 17.3. The molecule has 192 valence electrons. The second kappa shape index (κ2) is 10.2. The summed E-state index contributed by atoms with van der Waals surface area (Å²) in [6.45, 7) is 5.29. The Hall–Kier alpha value is -3.98. The highest BCUT2D eigenvalue weighted by atomic mass is 19.4. The third kappa shape index (κ3) is 5.41. The molecule has 4 rings (SSSR count). The molecule has 0 saturated heterocycles. The smallest absolute Gasteiger partial charge is 0.417 e. The van der Waals surface area contributed by atoms with E-state index >= 15 is 0 Å². The van der Waals surface area contributed by atoms with E-state index in [0.29, 0.717) is 11.1 Å². The molecule has 3 aromatic carbocycles. The Bertz CT molecular complexity index is 1410. The second-order valence-corrected chi connectivity index (χ2v) is 8.97. The number of likely N-dealkylation sites (N-methyl/N-ethyl adjacent to an activating group) is 1. The minimum absolute atomic E-state index is 0.0238. The molecule has 6 nitrogen and oxygen atoms in total. The summed E-state index contributed by atoms with van der Waals surface area (Å²) in [6, 6.07) is 17.3. The molecular formula is C28H26F3N3O3. The van der Waals surface area contributed by atoms with Gasteiger partial charge in [0.1, 0.15) is 6.04 Å². The number of halogens is 3. The Morgan fingerprint density at radius 3 is 2.24 bits per heavy atom. The zero-order chi connectivity index (χ0) is 26.9. The van der Waals surface area contributed by atoms with Crippen LogP contribution in [0.3, 0.4) is 0 Å². The van der Waals surface area contributed by atoms with Crippen molar-refractivity contribution in [3.8, 4) is 34.0 Å². The van der Waals surface area contributed by atoms with Crippen molar-refractivity contribution in [2.45, 2.75) is 39.0 Å². The van der Waals surface area contributed by atoms with E-state index in [4.69, 9.17) is 4.52 Å². The fourth-order valence-electron chi connectivity index (χ4n) is 4.14. The summed E-state index contributed by atoms with van der Waals surface area (Å²) in [5.41, 5.74) is 2.22. The van der Waals surface area contributed by atoms with Crippen molar-refractivity contribution in [3.05, 3.63) is 83.4 Å². The van der Waals surface area contributed by atoms with Crippen LogP contribution in [0.1, 0.15) is 36.6 Å². The largest absolute Gasteiger partial charge is 0.480 e. The van der Waals surface area contributed by atoms with E-state index in [9.17, 15) is 23.1 Å². The second-order valence-electron chi connectivity index (χ2n) is 8.97. The van der Waals surface area contributed by atoms with E-state index in [1.165, 1.54) is 6.07 Å². The lowest BCUT2D eigenvalue weighted by atomic mass is 9.94. The SMILES string of the molecule is Cc1ccccc1-c1ccc(-c2nc(-c3ccc(C(C)N(C)C(C)C(=O)O)cc3)no2)cc1C(F)(F)F. The van der Waals surface area contributed by atoms with Crippen LogP contribution in [0.15, 0.2) is 71.3 Å². The normalized spacial score (nSPS) is 13.5. The van der Waals surface area contributed by atoms with Gasteiger partial charge in [-0.05, 0) is 62.2 Å². The van der Waals surface area contributed by atoms with Gasteiger partial charge < -0.3 is 9.63 Å². The summed E-state index contributed by atoms with van der Waals surface area (Å²) in [5, 5.41) is 13.2. The molecule has 9 heteroatoms. The van der Waals surface area contributed by atoms with Gasteiger partial charge in [-0.3, -0.25) is 9.69 Å². The van der Waals surface area contributed by atoms with Crippen molar-refractivity contribution in [1.82, 2.24) is 15.0 Å². The number of aryl methyl sites for hydroxylation is 1. The molecule has 37 heavy (non-hydrogen) atoms. The number of carboxylic acid groups (broad SMARTS) is 1. The number of aliphatic carboxylic acids is 1. The van der Waals surface area contributed by atoms with Crippen molar-refractivity contribution >= 4 is 5.97 Å². The lowest BCUT2D eigenvalue weighted by Crippen LogP contribution is -2.37. The van der Waals surface area contributed by atoms with Crippen molar-refractivity contribution < 1.29 is 27.6 Å². The zero-order valence-corrected chi connectivity index (χ0v) is 20.7. The van der Waals surface area contributed by atoms with Crippen molar-refractivity contribution in [2.24, 2.45) is 0 Å². The number of benzene rings is 3. The summed E-state index contributed by atoms with van der Waals surface area (Å²) < 4.78 is 47.3. The van der Waals surface area contributed by atoms with Gasteiger partial charge in [0.2, 0.25) is 5.82 Å². The van der Waals surface area contributed by atoms with Gasteiger partial charge in [-0.25, -0.2) is 0 Å². The van der Waals surface area contributed by atoms with Crippen LogP contribution in [0.25, 0.3) is 34.0 Å². The highest BCUT2D eigenvalue weighted by Gasteiger charge is 2.35. The van der Waals surface area contributed by atoms with E-state index < -0.39 is 23.8 Å². The topological polar surface area (TPSA) is 79.5 Å². The van der Waals surface area contributed by atoms with Crippen molar-refractivity contribution in [2.75, 3.05) is 7.05 Å². The Balaban J connectivity index is 1.62. The number of alkyl halides is 3. The van der Waals surface area contributed by atoms with E-state index in [1.54, 1.807) is 68.3 Å². The van der Waals surface area contributed by atoms with Crippen molar-refractivity contribution in [3.63, 3.8) is 0 Å². The third-order valence-corrected chi connectivity index (χ3v) is 6.66. The van der Waals surface area contributed by atoms with Crippen molar-refractivity contribution in [1.29, 1.82) is 0 Å². The highest BCUT2D eigenvalue weighted by Crippen LogP contribution is 2.40. The standard InChI is InChI=1S/C28H26F3N3O3/c1-16-7-5-6-8-22(16)23-14-13-21(15-24(23)28(29,30)31)26-32-25(33-37-26)20-11-9-19(10-12-20)17(2)34(4)18(3)27(35)36/h5-15,17-18H,1-4H3,(H,35,36). The molecule has 2 unspecified atom stereocenters. The Morgan fingerprint density at radius 1 is 0.973 bits per heavy atom. The first-order valence-corrected chi connectivity index (χ1v) is 11.6. The quantitative estimate of drug-likeness (QED) is 0.293. The molecule has 0 aliphatic rings. The number of carbonyl (C=O) groups is 1. The predicted octanol–water partition coefficient (Wildman–Crippen LogP) is 6.86. The fraction of sp³-hybridized carbons (Fsp3) is 0.250. The molecule has 4 aromatic rings. The van der Waals surface area contributed by atoms with Gasteiger partial charge in [0.25, 0.3) is 5.89 Å². The number of nitrogens with zero attached hydrogens (tertiary/aromatic N) is 3. The van der Waals surface area contributed by atoms with Gasteiger partial charge in [-0.2, -0.15) is 18.2 Å². The van der Waals surface area contributed by atoms with Gasteiger partial charge in [-0.15, -0.1) is 0 Å². The molecule has 0 spiro atoms. The molecule has 0 saturated carbocycles. The van der Waals surface area contributed by atoms with E-state index in [2.05, 4.69) is 10.1 Å². The summed E-state index contributed by atoms with van der Waals surface area (Å²) >= 11 is 0. The van der Waals surface area contributed by atoms with Crippen LogP contribution in [0, 0.1) is 6.92 Å². The number of aromatic nitrogens is 2. The van der Waals surface area contributed by atoms with E-state index in [1.807, 2.05) is 19.1 Å². The van der Waals surface area contributed by atoms with Crippen LogP contribution in [-0.2, 0) is 11.0 Å². The van der Waals surface area contributed by atoms with Gasteiger partial charge >= 0.3 is 12.1 Å². The maximum absolute atomic E-state index is 14.0. The number of carboxylic acids is 1. The fourth-order valence-corrected chi connectivity index (χ4v) is 4.14. The van der Waals surface area contributed by atoms with Crippen LogP contribution in [-0.4, -0.2) is 39.2 Å². The van der Waals surface area contributed by atoms with Gasteiger partial charge in [0, 0.05) is 17.2 Å². The summed E-state index contributed by atoms with van der Waals surface area (Å²) in [5.74, 6) is -0.701. The van der Waals surface area contributed by atoms with Crippen LogP contribution >= 0.6 is 0 Å². The molecule has 2 atom stereocenters. The van der Waals surface area contributed by atoms with Crippen LogP contribution in [0.5, 0.6) is 0 Å². The Labute approximate surface area is 212 Å². The lowest BCUT2D eigenvalue weighted by Gasteiger charge is -2.28. The number of rotatable bonds is 7. The molecule has 0 amide bonds. The van der Waals surface area contributed by atoms with E-state index in [0.717, 1.165) is 17.2 Å². The third-order valence-electron chi connectivity index (χ3n) is 6.66. The average Bonchev–Trinajstić information content (AvgIpc) is 3.37. The van der Waals surface area contributed by atoms with Gasteiger partial charge in [0.05, 0.1) is 5.56 Å². The lowest BCUT2D eigenvalue weighted by molar-refractivity contribution is -0.143. The molecule has 0 radical (unpaired) electrons. The molecule has 1 heterocycles. The first-order chi connectivity index (χ1) is 17.5. The number of hydrogen-bond acceptors (Lipinski definition) is 5. The molecule has 1 N–H and O–H groups in total. The van der Waals surface area contributed by atoms with Crippen LogP contribution < -0.4 is 0 Å². The minimum atomic E-state index is -4.58. The highest BCUT2D eigenvalue weighted by molar-refractivity contribution is 5.75. The average molecular weight is 510 g/mol. The maximum atomic E-state index is 14.0. The maximum Gasteiger partial charge on any atom is 0.417 e. The zero-order valence-electron chi connectivity index (χ0n) is 20.7. The molecular weight excluding hydrogens is 483 g/mol. The Morgan fingerprint density at radius 2 is 1.62 bits per heavy atom. The minimum Gasteiger partial charge on any atom is -0.480 e. The molecule has 0 bridgehead atoms. The molecule has 1 aromatic heterocycles. The van der Waals surface area contributed by atoms with Crippen LogP contribution in [0.2, 0.25) is 0 Å². The van der Waals surface area contributed by atoms with Crippen LogP contribution in [0.4, 0.5) is 13.2 Å². The predicted molar refractivity (Wildman–Crippen MR) is 134 cm³/mol.